The summed E-state index contributed by atoms with van der Waals surface area (Å²) < 4.78 is 5.59. The van der Waals surface area contributed by atoms with Crippen molar-refractivity contribution in [2.45, 2.75) is 26.2 Å². The van der Waals surface area contributed by atoms with Gasteiger partial charge in [-0.1, -0.05) is 50.2 Å². The maximum atomic E-state index is 12.3. The molecule has 0 saturated carbocycles. The van der Waals surface area contributed by atoms with Gasteiger partial charge in [0.1, 0.15) is 5.75 Å². The van der Waals surface area contributed by atoms with Crippen LogP contribution >= 0.6 is 0 Å². The first-order valence-corrected chi connectivity index (χ1v) is 10.0. The van der Waals surface area contributed by atoms with E-state index in [0.29, 0.717) is 22.9 Å². The molecule has 0 fully saturated rings. The third-order valence-electron chi connectivity index (χ3n) is 4.90. The number of hydrogen-bond acceptors (Lipinski definition) is 3. The Morgan fingerprint density at radius 1 is 0.867 bits per heavy atom. The molecule has 0 bridgehead atoms. The smallest absolute Gasteiger partial charge is 0.262 e. The van der Waals surface area contributed by atoms with Gasteiger partial charge in [-0.3, -0.25) is 9.59 Å². The molecule has 2 amide bonds. The third kappa shape index (κ3) is 5.70. The van der Waals surface area contributed by atoms with Gasteiger partial charge in [0, 0.05) is 16.9 Å². The molecule has 0 aromatic heterocycles. The average molecular weight is 402 g/mol. The van der Waals surface area contributed by atoms with Gasteiger partial charge >= 0.3 is 0 Å². The molecule has 0 aliphatic carbocycles. The van der Waals surface area contributed by atoms with Crippen LogP contribution in [0.15, 0.2) is 78.9 Å². The predicted molar refractivity (Wildman–Crippen MR) is 120 cm³/mol. The minimum Gasteiger partial charge on any atom is -0.484 e. The number of rotatable bonds is 8. The summed E-state index contributed by atoms with van der Waals surface area (Å²) in [5.74, 6) is 0.523. The Kier molecular flexibility index (Phi) is 7.22. The Morgan fingerprint density at radius 2 is 1.53 bits per heavy atom. The van der Waals surface area contributed by atoms with Crippen LogP contribution < -0.4 is 15.4 Å². The molecule has 0 radical (unpaired) electrons. The van der Waals surface area contributed by atoms with E-state index in [9.17, 15) is 9.59 Å². The fourth-order valence-corrected chi connectivity index (χ4v) is 3.02. The average Bonchev–Trinajstić information content (AvgIpc) is 2.79. The molecule has 5 nitrogen and oxygen atoms in total. The van der Waals surface area contributed by atoms with Gasteiger partial charge in [0.15, 0.2) is 6.61 Å². The molecule has 0 saturated heterocycles. The maximum Gasteiger partial charge on any atom is 0.262 e. The second-order valence-corrected chi connectivity index (χ2v) is 7.08. The molecule has 0 aliphatic heterocycles. The standard InChI is InChI=1S/C25H26N2O3/c1-3-18(2)22-11-7-8-12-23(22)27-24(28)17-30-21-15-13-20(14-16-21)26-25(29)19-9-5-4-6-10-19/h4-16,18H,3,17H2,1-2H3,(H,26,29)(H,27,28)/t18-/m0/s1. The number of hydrogen-bond donors (Lipinski definition) is 2. The number of nitrogens with one attached hydrogen (secondary N) is 2. The van der Waals surface area contributed by atoms with E-state index in [1.807, 2.05) is 42.5 Å². The Labute approximate surface area is 177 Å². The molecule has 2 N–H and O–H groups in total. The van der Waals surface area contributed by atoms with Gasteiger partial charge in [-0.2, -0.15) is 0 Å². The summed E-state index contributed by atoms with van der Waals surface area (Å²) >= 11 is 0. The van der Waals surface area contributed by atoms with Crippen LogP contribution in [0, 0.1) is 0 Å². The summed E-state index contributed by atoms with van der Waals surface area (Å²) in [6.45, 7) is 4.17. The van der Waals surface area contributed by atoms with Crippen molar-refractivity contribution >= 4 is 23.2 Å². The van der Waals surface area contributed by atoms with E-state index < -0.39 is 0 Å². The van der Waals surface area contributed by atoms with Gasteiger partial charge in [0.05, 0.1) is 0 Å². The highest BCUT2D eigenvalue weighted by Crippen LogP contribution is 2.26. The minimum absolute atomic E-state index is 0.0927. The molecule has 0 unspecified atom stereocenters. The summed E-state index contributed by atoms with van der Waals surface area (Å²) in [6, 6.07) is 23.8. The highest BCUT2D eigenvalue weighted by molar-refractivity contribution is 6.04. The summed E-state index contributed by atoms with van der Waals surface area (Å²) in [5, 5.41) is 5.76. The van der Waals surface area contributed by atoms with Gasteiger partial charge in [-0.15, -0.1) is 0 Å². The molecule has 0 spiro atoms. The van der Waals surface area contributed by atoms with Crippen molar-refractivity contribution < 1.29 is 14.3 Å². The number of carbonyl (C=O) groups excluding carboxylic acids is 2. The van der Waals surface area contributed by atoms with Gasteiger partial charge in [0.2, 0.25) is 0 Å². The molecule has 30 heavy (non-hydrogen) atoms. The largest absolute Gasteiger partial charge is 0.484 e. The van der Waals surface area contributed by atoms with Crippen LogP contribution in [0.1, 0.15) is 42.1 Å². The van der Waals surface area contributed by atoms with E-state index in [4.69, 9.17) is 4.74 Å². The molecular formula is C25H26N2O3. The van der Waals surface area contributed by atoms with E-state index in [1.54, 1.807) is 36.4 Å². The van der Waals surface area contributed by atoms with Crippen molar-refractivity contribution in [3.8, 4) is 5.75 Å². The number of anilines is 2. The summed E-state index contributed by atoms with van der Waals surface area (Å²) in [7, 11) is 0. The number of benzene rings is 3. The van der Waals surface area contributed by atoms with Gasteiger partial charge in [0.25, 0.3) is 11.8 Å². The van der Waals surface area contributed by atoms with Crippen molar-refractivity contribution in [2.24, 2.45) is 0 Å². The lowest BCUT2D eigenvalue weighted by Crippen LogP contribution is -2.21. The Hall–Kier alpha value is -3.60. The third-order valence-corrected chi connectivity index (χ3v) is 4.90. The van der Waals surface area contributed by atoms with E-state index in [0.717, 1.165) is 17.7 Å². The lowest BCUT2D eigenvalue weighted by molar-refractivity contribution is -0.118. The van der Waals surface area contributed by atoms with Gasteiger partial charge in [-0.05, 0) is 60.4 Å². The highest BCUT2D eigenvalue weighted by atomic mass is 16.5. The van der Waals surface area contributed by atoms with Crippen molar-refractivity contribution in [2.75, 3.05) is 17.2 Å². The number of para-hydroxylation sites is 1. The number of amides is 2. The first kappa shape index (κ1) is 21.1. The van der Waals surface area contributed by atoms with Crippen LogP contribution in [0.5, 0.6) is 5.75 Å². The Bertz CT molecular complexity index is 985. The van der Waals surface area contributed by atoms with Crippen LogP contribution in [0.2, 0.25) is 0 Å². The monoisotopic (exact) mass is 402 g/mol. The molecule has 154 valence electrons. The Morgan fingerprint density at radius 3 is 2.23 bits per heavy atom. The summed E-state index contributed by atoms with van der Waals surface area (Å²) in [5.41, 5.74) is 3.18. The first-order chi connectivity index (χ1) is 14.6. The van der Waals surface area contributed by atoms with E-state index in [2.05, 4.69) is 24.5 Å². The first-order valence-electron chi connectivity index (χ1n) is 10.0. The van der Waals surface area contributed by atoms with Gasteiger partial charge < -0.3 is 15.4 Å². The van der Waals surface area contributed by atoms with Crippen molar-refractivity contribution in [3.63, 3.8) is 0 Å². The Balaban J connectivity index is 1.53. The second-order valence-electron chi connectivity index (χ2n) is 7.08. The van der Waals surface area contributed by atoms with Crippen LogP contribution in [0.4, 0.5) is 11.4 Å². The molecule has 0 aliphatic rings. The van der Waals surface area contributed by atoms with Crippen LogP contribution in [0.3, 0.4) is 0 Å². The molecule has 0 heterocycles. The molecule has 3 aromatic rings. The lowest BCUT2D eigenvalue weighted by atomic mass is 9.97. The SMILES string of the molecule is CC[C@H](C)c1ccccc1NC(=O)COc1ccc(NC(=O)c2ccccc2)cc1. The fourth-order valence-electron chi connectivity index (χ4n) is 3.02. The van der Waals surface area contributed by atoms with Crippen molar-refractivity contribution in [3.05, 3.63) is 90.0 Å². The molecule has 3 rings (SSSR count). The summed E-state index contributed by atoms with van der Waals surface area (Å²) in [4.78, 5) is 24.5. The second kappa shape index (κ2) is 10.3. The van der Waals surface area contributed by atoms with E-state index in [-0.39, 0.29) is 18.4 Å². The number of carbonyl (C=O) groups is 2. The highest BCUT2D eigenvalue weighted by Gasteiger charge is 2.11. The van der Waals surface area contributed by atoms with Gasteiger partial charge in [-0.25, -0.2) is 0 Å². The zero-order valence-electron chi connectivity index (χ0n) is 17.2. The van der Waals surface area contributed by atoms with Crippen LogP contribution in [-0.2, 0) is 4.79 Å². The van der Waals surface area contributed by atoms with Crippen molar-refractivity contribution in [1.82, 2.24) is 0 Å². The zero-order chi connectivity index (χ0) is 21.3. The van der Waals surface area contributed by atoms with E-state index in [1.165, 1.54) is 0 Å². The fraction of sp³-hybridized carbons (Fsp3) is 0.200. The van der Waals surface area contributed by atoms with Crippen molar-refractivity contribution in [1.29, 1.82) is 0 Å². The van der Waals surface area contributed by atoms with Crippen LogP contribution in [-0.4, -0.2) is 18.4 Å². The topological polar surface area (TPSA) is 67.4 Å². The normalized spacial score (nSPS) is 11.4. The molecular weight excluding hydrogens is 376 g/mol. The quantitative estimate of drug-likeness (QED) is 0.525. The maximum absolute atomic E-state index is 12.3. The lowest BCUT2D eigenvalue weighted by Gasteiger charge is -2.15. The van der Waals surface area contributed by atoms with E-state index >= 15 is 0 Å². The number of ether oxygens (including phenoxy) is 1. The minimum atomic E-state index is -0.216. The molecule has 1 atom stereocenters. The van der Waals surface area contributed by atoms with Crippen LogP contribution in [0.25, 0.3) is 0 Å². The molecule has 5 heteroatoms. The molecule has 3 aromatic carbocycles. The summed E-state index contributed by atoms with van der Waals surface area (Å²) in [6.07, 6.45) is 0.997. The zero-order valence-corrected chi connectivity index (χ0v) is 17.2. The predicted octanol–water partition coefficient (Wildman–Crippen LogP) is 5.47.